The van der Waals surface area contributed by atoms with E-state index in [2.05, 4.69) is 20.5 Å². The van der Waals surface area contributed by atoms with E-state index in [9.17, 15) is 9.90 Å². The van der Waals surface area contributed by atoms with Crippen molar-refractivity contribution in [2.24, 2.45) is 0 Å². The minimum atomic E-state index is -1.03. The number of aromatic nitrogens is 3. The van der Waals surface area contributed by atoms with Gasteiger partial charge in [0.15, 0.2) is 0 Å². The molecule has 0 unspecified atom stereocenters. The second-order valence-electron chi connectivity index (χ2n) is 4.88. The lowest BCUT2D eigenvalue weighted by Gasteiger charge is -2.37. The summed E-state index contributed by atoms with van der Waals surface area (Å²) in [5.41, 5.74) is -1.80. The Morgan fingerprint density at radius 2 is 1.94 bits per heavy atom. The number of H-pyrrole nitrogens is 1. The number of amides is 1. The molecule has 0 saturated heterocycles. The second kappa shape index (κ2) is 3.86. The molecule has 16 heavy (non-hydrogen) atoms. The Hall–Kier alpha value is -1.43. The monoisotopic (exact) mass is 226 g/mol. The molecule has 1 aromatic rings. The van der Waals surface area contributed by atoms with Crippen molar-refractivity contribution in [3.63, 3.8) is 0 Å². The predicted molar refractivity (Wildman–Crippen MR) is 59.0 cm³/mol. The third-order valence-electron chi connectivity index (χ3n) is 2.76. The first-order chi connectivity index (χ1) is 7.13. The molecule has 0 aliphatic heterocycles. The largest absolute Gasteiger partial charge is 0.388 e. The number of carbonyl (C=O) groups is 1. The highest BCUT2D eigenvalue weighted by atomic mass is 16.3. The molecule has 0 saturated carbocycles. The molecule has 0 aliphatic rings. The molecular formula is C10H18N4O2. The molecule has 1 heterocycles. The molecule has 0 aromatic carbocycles. The fourth-order valence-electron chi connectivity index (χ4n) is 0.937. The minimum Gasteiger partial charge on any atom is -0.388 e. The van der Waals surface area contributed by atoms with Gasteiger partial charge in [-0.05, 0) is 34.6 Å². The van der Waals surface area contributed by atoms with E-state index in [0.717, 1.165) is 0 Å². The van der Waals surface area contributed by atoms with Crippen LogP contribution in [0, 0.1) is 6.92 Å². The van der Waals surface area contributed by atoms with E-state index >= 15 is 0 Å². The van der Waals surface area contributed by atoms with Crippen LogP contribution in [0.1, 0.15) is 44.1 Å². The first-order valence-corrected chi connectivity index (χ1v) is 5.07. The average Bonchev–Trinajstić information content (AvgIpc) is 2.48. The van der Waals surface area contributed by atoms with Gasteiger partial charge in [0.05, 0.1) is 11.1 Å². The molecule has 0 radical (unpaired) electrons. The first kappa shape index (κ1) is 12.6. The van der Waals surface area contributed by atoms with Crippen molar-refractivity contribution in [3.8, 4) is 0 Å². The van der Waals surface area contributed by atoms with Crippen LogP contribution < -0.4 is 5.32 Å². The zero-order valence-corrected chi connectivity index (χ0v) is 10.2. The number of rotatable bonds is 3. The van der Waals surface area contributed by atoms with Gasteiger partial charge in [-0.2, -0.15) is 0 Å². The van der Waals surface area contributed by atoms with E-state index in [1.54, 1.807) is 34.6 Å². The van der Waals surface area contributed by atoms with E-state index in [-0.39, 0.29) is 5.82 Å². The number of aryl methyl sites for hydroxylation is 1. The second-order valence-corrected chi connectivity index (χ2v) is 4.88. The maximum absolute atomic E-state index is 11.8. The highest BCUT2D eigenvalue weighted by Crippen LogP contribution is 2.20. The molecule has 1 rings (SSSR count). The Morgan fingerprint density at radius 1 is 1.38 bits per heavy atom. The van der Waals surface area contributed by atoms with Gasteiger partial charge in [0.2, 0.25) is 5.82 Å². The van der Waals surface area contributed by atoms with E-state index in [1.807, 2.05) is 0 Å². The maximum atomic E-state index is 11.8. The molecule has 0 fully saturated rings. The number of nitrogens with zero attached hydrogens (tertiary/aromatic N) is 2. The van der Waals surface area contributed by atoms with Gasteiger partial charge in [0.25, 0.3) is 5.91 Å². The fraction of sp³-hybridized carbons (Fsp3) is 0.700. The molecule has 6 heteroatoms. The molecule has 0 atom stereocenters. The molecule has 3 N–H and O–H groups in total. The summed E-state index contributed by atoms with van der Waals surface area (Å²) in [4.78, 5) is 15.7. The summed E-state index contributed by atoms with van der Waals surface area (Å²) in [6.07, 6.45) is 0. The van der Waals surface area contributed by atoms with Gasteiger partial charge in [-0.1, -0.05) is 0 Å². The van der Waals surface area contributed by atoms with Crippen LogP contribution in [0.4, 0.5) is 0 Å². The fourth-order valence-corrected chi connectivity index (χ4v) is 0.937. The molecule has 0 aliphatic carbocycles. The van der Waals surface area contributed by atoms with Gasteiger partial charge in [-0.25, -0.2) is 4.98 Å². The van der Waals surface area contributed by atoms with Gasteiger partial charge >= 0.3 is 0 Å². The Kier molecular flexibility index (Phi) is 3.05. The minimum absolute atomic E-state index is 0.0785. The lowest BCUT2D eigenvalue weighted by molar-refractivity contribution is -0.00312. The van der Waals surface area contributed by atoms with Crippen molar-refractivity contribution in [1.29, 1.82) is 0 Å². The molecular weight excluding hydrogens is 208 g/mol. The third kappa shape index (κ3) is 2.57. The SMILES string of the molecule is Cc1nc(C(=O)NC(C)(C)C(C)(C)O)n[nH]1. The van der Waals surface area contributed by atoms with Crippen LogP contribution in [-0.4, -0.2) is 37.3 Å². The third-order valence-corrected chi connectivity index (χ3v) is 2.76. The summed E-state index contributed by atoms with van der Waals surface area (Å²) >= 11 is 0. The number of hydrogen-bond donors (Lipinski definition) is 3. The van der Waals surface area contributed by atoms with Crippen LogP contribution >= 0.6 is 0 Å². The number of aromatic amines is 1. The number of nitrogens with one attached hydrogen (secondary N) is 2. The standard InChI is InChI=1S/C10H18N4O2/c1-6-11-7(14-13-6)8(15)12-9(2,3)10(4,5)16/h16H,1-5H3,(H,12,15)(H,11,13,14). The summed E-state index contributed by atoms with van der Waals surface area (Å²) < 4.78 is 0. The Bertz CT molecular complexity index is 390. The molecule has 90 valence electrons. The Labute approximate surface area is 94.5 Å². The summed E-state index contributed by atoms with van der Waals surface area (Å²) in [5.74, 6) is 0.248. The van der Waals surface area contributed by atoms with Crippen LogP contribution in [-0.2, 0) is 0 Å². The van der Waals surface area contributed by atoms with E-state index in [4.69, 9.17) is 0 Å². The smallest absolute Gasteiger partial charge is 0.291 e. The summed E-state index contributed by atoms with van der Waals surface area (Å²) in [7, 11) is 0. The quantitative estimate of drug-likeness (QED) is 0.695. The van der Waals surface area contributed by atoms with Crippen LogP contribution in [0.25, 0.3) is 0 Å². The molecule has 1 aromatic heterocycles. The van der Waals surface area contributed by atoms with Crippen LogP contribution in [0.3, 0.4) is 0 Å². The predicted octanol–water partition coefficient (Wildman–Crippen LogP) is 0.392. The topological polar surface area (TPSA) is 90.9 Å². The first-order valence-electron chi connectivity index (χ1n) is 5.07. The van der Waals surface area contributed by atoms with Crippen LogP contribution in [0.2, 0.25) is 0 Å². The number of carbonyl (C=O) groups excluding carboxylic acids is 1. The molecule has 1 amide bonds. The van der Waals surface area contributed by atoms with Gasteiger partial charge in [-0.15, -0.1) is 5.10 Å². The van der Waals surface area contributed by atoms with Gasteiger partial charge in [0, 0.05) is 0 Å². The van der Waals surface area contributed by atoms with Crippen LogP contribution in [0.5, 0.6) is 0 Å². The summed E-state index contributed by atoms with van der Waals surface area (Å²) in [6.45, 7) is 8.47. The Morgan fingerprint density at radius 3 is 2.31 bits per heavy atom. The summed E-state index contributed by atoms with van der Waals surface area (Å²) in [5, 5.41) is 18.9. The maximum Gasteiger partial charge on any atom is 0.291 e. The van der Waals surface area contributed by atoms with Crippen molar-refractivity contribution in [2.45, 2.75) is 45.8 Å². The van der Waals surface area contributed by atoms with E-state index < -0.39 is 17.0 Å². The molecule has 6 nitrogen and oxygen atoms in total. The highest BCUT2D eigenvalue weighted by molar-refractivity contribution is 5.90. The van der Waals surface area contributed by atoms with Crippen molar-refractivity contribution < 1.29 is 9.90 Å². The number of hydrogen-bond acceptors (Lipinski definition) is 4. The van der Waals surface area contributed by atoms with Crippen LogP contribution in [0.15, 0.2) is 0 Å². The highest BCUT2D eigenvalue weighted by Gasteiger charge is 2.37. The summed E-state index contributed by atoms with van der Waals surface area (Å²) in [6, 6.07) is 0. The lowest BCUT2D eigenvalue weighted by Crippen LogP contribution is -2.57. The van der Waals surface area contributed by atoms with E-state index in [0.29, 0.717) is 5.82 Å². The number of aliphatic hydroxyl groups is 1. The normalized spacial score (nSPS) is 12.6. The zero-order chi connectivity index (χ0) is 12.6. The van der Waals surface area contributed by atoms with Crippen molar-refractivity contribution in [2.75, 3.05) is 0 Å². The van der Waals surface area contributed by atoms with Gasteiger partial charge in [-0.3, -0.25) is 9.89 Å². The van der Waals surface area contributed by atoms with Gasteiger partial charge < -0.3 is 10.4 Å². The lowest BCUT2D eigenvalue weighted by atomic mass is 9.86. The molecule has 0 bridgehead atoms. The molecule has 0 spiro atoms. The van der Waals surface area contributed by atoms with Crippen molar-refractivity contribution >= 4 is 5.91 Å². The Balaban J connectivity index is 2.79. The van der Waals surface area contributed by atoms with Crippen molar-refractivity contribution in [1.82, 2.24) is 20.5 Å². The van der Waals surface area contributed by atoms with E-state index in [1.165, 1.54) is 0 Å². The van der Waals surface area contributed by atoms with Gasteiger partial charge in [0.1, 0.15) is 5.82 Å². The average molecular weight is 226 g/mol. The zero-order valence-electron chi connectivity index (χ0n) is 10.2. The van der Waals surface area contributed by atoms with Crippen molar-refractivity contribution in [3.05, 3.63) is 11.6 Å².